The Kier molecular flexibility index (Phi) is 5.51. The lowest BCUT2D eigenvalue weighted by molar-refractivity contribution is 0.410. The van der Waals surface area contributed by atoms with Gasteiger partial charge < -0.3 is 15.4 Å². The number of methoxy groups -OCH3 is 1. The van der Waals surface area contributed by atoms with Gasteiger partial charge in [-0.1, -0.05) is 23.3 Å². The molecule has 0 radical (unpaired) electrons. The average Bonchev–Trinajstić information content (AvgIpc) is 3.27. The van der Waals surface area contributed by atoms with Crippen molar-refractivity contribution in [2.24, 2.45) is 0 Å². The molecule has 0 aliphatic carbocycles. The highest BCUT2D eigenvalue weighted by Crippen LogP contribution is 2.22. The minimum atomic E-state index is 0.344. The second-order valence-corrected chi connectivity index (χ2v) is 6.07. The Morgan fingerprint density at radius 3 is 2.83 bits per heavy atom. The maximum atomic E-state index is 5.39. The Balaban J connectivity index is 1.43. The average molecular weight is 389 g/mol. The highest BCUT2D eigenvalue weighted by molar-refractivity contribution is 5.66. The van der Waals surface area contributed by atoms with Crippen LogP contribution in [0.4, 0.5) is 17.6 Å². The predicted octanol–water partition coefficient (Wildman–Crippen LogP) is 2.46. The van der Waals surface area contributed by atoms with Gasteiger partial charge in [-0.3, -0.25) is 0 Å². The molecule has 146 valence electrons. The number of anilines is 3. The zero-order chi connectivity index (χ0) is 19.9. The maximum Gasteiger partial charge on any atom is 0.268 e. The smallest absolute Gasteiger partial charge is 0.268 e. The fraction of sp³-hybridized carbons (Fsp3) is 0.158. The lowest BCUT2D eigenvalue weighted by Crippen LogP contribution is -2.07. The first kappa shape index (κ1) is 18.3. The van der Waals surface area contributed by atoms with Crippen LogP contribution in [-0.2, 0) is 6.42 Å². The predicted molar refractivity (Wildman–Crippen MR) is 108 cm³/mol. The SMILES string of the molecule is COc1ccccc1CCNc1cc(-c2ccnc(Nc3nn[nH]n3)c2)ncn1. The number of aromatic amines is 1. The van der Waals surface area contributed by atoms with Gasteiger partial charge in [-0.05, 0) is 35.4 Å². The normalized spacial score (nSPS) is 10.5. The second kappa shape index (κ2) is 8.74. The number of hydrogen-bond acceptors (Lipinski definition) is 9. The zero-order valence-electron chi connectivity index (χ0n) is 15.7. The van der Waals surface area contributed by atoms with E-state index in [1.807, 2.05) is 36.4 Å². The number of nitrogens with zero attached hydrogens (tertiary/aromatic N) is 6. The van der Waals surface area contributed by atoms with Crippen molar-refractivity contribution in [1.29, 1.82) is 0 Å². The van der Waals surface area contributed by atoms with E-state index in [0.29, 0.717) is 11.8 Å². The molecule has 29 heavy (non-hydrogen) atoms. The van der Waals surface area contributed by atoms with Crippen molar-refractivity contribution in [2.75, 3.05) is 24.3 Å². The van der Waals surface area contributed by atoms with Crippen molar-refractivity contribution in [1.82, 2.24) is 35.6 Å². The number of H-pyrrole nitrogens is 1. The van der Waals surface area contributed by atoms with Gasteiger partial charge in [0.15, 0.2) is 0 Å². The maximum absolute atomic E-state index is 5.39. The summed E-state index contributed by atoms with van der Waals surface area (Å²) in [5.41, 5.74) is 2.81. The first-order chi connectivity index (χ1) is 14.3. The Morgan fingerprint density at radius 1 is 1.03 bits per heavy atom. The number of rotatable bonds is 8. The molecule has 0 bridgehead atoms. The van der Waals surface area contributed by atoms with Gasteiger partial charge in [0.25, 0.3) is 5.95 Å². The first-order valence-corrected chi connectivity index (χ1v) is 8.96. The van der Waals surface area contributed by atoms with Gasteiger partial charge in [-0.15, -0.1) is 5.10 Å². The minimum Gasteiger partial charge on any atom is -0.496 e. The molecular formula is C19H19N9O. The van der Waals surface area contributed by atoms with Gasteiger partial charge >= 0.3 is 0 Å². The van der Waals surface area contributed by atoms with Crippen LogP contribution in [-0.4, -0.2) is 49.2 Å². The third-order valence-corrected chi connectivity index (χ3v) is 4.20. The van der Waals surface area contributed by atoms with Crippen LogP contribution < -0.4 is 15.4 Å². The number of benzene rings is 1. The van der Waals surface area contributed by atoms with Crippen LogP contribution in [0.15, 0.2) is 55.0 Å². The summed E-state index contributed by atoms with van der Waals surface area (Å²) in [4.78, 5) is 12.9. The summed E-state index contributed by atoms with van der Waals surface area (Å²) in [7, 11) is 1.68. The van der Waals surface area contributed by atoms with Crippen LogP contribution >= 0.6 is 0 Å². The third kappa shape index (κ3) is 4.61. The summed E-state index contributed by atoms with van der Waals surface area (Å²) < 4.78 is 5.39. The van der Waals surface area contributed by atoms with E-state index >= 15 is 0 Å². The van der Waals surface area contributed by atoms with Gasteiger partial charge in [0.2, 0.25) is 0 Å². The molecule has 3 aromatic heterocycles. The summed E-state index contributed by atoms with van der Waals surface area (Å²) in [5.74, 6) is 2.56. The molecule has 1 aromatic carbocycles. The molecule has 0 aliphatic rings. The molecule has 0 fully saturated rings. The highest BCUT2D eigenvalue weighted by Gasteiger charge is 2.06. The van der Waals surface area contributed by atoms with E-state index in [0.717, 1.165) is 41.4 Å². The van der Waals surface area contributed by atoms with Crippen molar-refractivity contribution in [3.8, 4) is 17.0 Å². The van der Waals surface area contributed by atoms with Gasteiger partial charge in [0.1, 0.15) is 23.7 Å². The summed E-state index contributed by atoms with van der Waals surface area (Å²) in [6, 6.07) is 13.6. The summed E-state index contributed by atoms with van der Waals surface area (Å²) >= 11 is 0. The Morgan fingerprint density at radius 2 is 1.97 bits per heavy atom. The molecule has 3 N–H and O–H groups in total. The molecular weight excluding hydrogens is 370 g/mol. The summed E-state index contributed by atoms with van der Waals surface area (Å²) in [6.45, 7) is 0.720. The molecule has 0 amide bonds. The quantitative estimate of drug-likeness (QED) is 0.416. The molecule has 0 saturated heterocycles. The van der Waals surface area contributed by atoms with Crippen LogP contribution in [0.1, 0.15) is 5.56 Å². The lowest BCUT2D eigenvalue weighted by Gasteiger charge is -2.10. The van der Waals surface area contributed by atoms with Crippen molar-refractivity contribution < 1.29 is 4.74 Å². The standard InChI is InChI=1S/C19H19N9O/c1-29-16-5-3-2-4-13(16)6-8-20-17-11-15(22-12-23-17)14-7-9-21-18(10-14)24-19-25-27-28-26-19/h2-5,7,9-12H,6,8H2,1H3,(H,20,22,23)(H2,21,24,25,26,27,28). The molecule has 10 nitrogen and oxygen atoms in total. The van der Waals surface area contributed by atoms with Gasteiger partial charge in [-0.25, -0.2) is 15.0 Å². The first-order valence-electron chi connectivity index (χ1n) is 8.96. The Labute approximate surface area is 166 Å². The fourth-order valence-corrected chi connectivity index (χ4v) is 2.83. The van der Waals surface area contributed by atoms with Gasteiger partial charge in [0, 0.05) is 24.4 Å². The molecule has 10 heteroatoms. The van der Waals surface area contributed by atoms with E-state index in [2.05, 4.69) is 52.3 Å². The van der Waals surface area contributed by atoms with Gasteiger partial charge in [0.05, 0.1) is 12.8 Å². The lowest BCUT2D eigenvalue weighted by atomic mass is 10.1. The number of pyridine rings is 1. The Hall–Kier alpha value is -4.08. The molecule has 0 atom stereocenters. The molecule has 0 spiro atoms. The fourth-order valence-electron chi connectivity index (χ4n) is 2.83. The molecule has 0 saturated carbocycles. The topological polar surface area (TPSA) is 126 Å². The minimum absolute atomic E-state index is 0.344. The summed E-state index contributed by atoms with van der Waals surface area (Å²) in [5, 5.41) is 19.9. The highest BCUT2D eigenvalue weighted by atomic mass is 16.5. The number of nitrogens with one attached hydrogen (secondary N) is 3. The summed E-state index contributed by atoms with van der Waals surface area (Å²) in [6.07, 6.45) is 4.04. The molecule has 4 aromatic rings. The van der Waals surface area contributed by atoms with Crippen LogP contribution in [0.3, 0.4) is 0 Å². The third-order valence-electron chi connectivity index (χ3n) is 4.20. The van der Waals surface area contributed by atoms with Crippen LogP contribution in [0.5, 0.6) is 5.75 Å². The number of aromatic nitrogens is 7. The monoisotopic (exact) mass is 389 g/mol. The molecule has 4 rings (SSSR count). The number of hydrogen-bond donors (Lipinski definition) is 3. The van der Waals surface area contributed by atoms with Crippen LogP contribution in [0.2, 0.25) is 0 Å². The van der Waals surface area contributed by atoms with E-state index in [1.165, 1.54) is 6.33 Å². The van der Waals surface area contributed by atoms with E-state index in [1.54, 1.807) is 13.3 Å². The zero-order valence-corrected chi connectivity index (χ0v) is 15.7. The van der Waals surface area contributed by atoms with Crippen molar-refractivity contribution in [3.63, 3.8) is 0 Å². The Bertz CT molecular complexity index is 1070. The van der Waals surface area contributed by atoms with Crippen LogP contribution in [0, 0.1) is 0 Å². The van der Waals surface area contributed by atoms with E-state index in [9.17, 15) is 0 Å². The van der Waals surface area contributed by atoms with Crippen molar-refractivity contribution >= 4 is 17.6 Å². The number of tetrazole rings is 1. The van der Waals surface area contributed by atoms with Crippen LogP contribution in [0.25, 0.3) is 11.3 Å². The largest absolute Gasteiger partial charge is 0.496 e. The van der Waals surface area contributed by atoms with E-state index < -0.39 is 0 Å². The van der Waals surface area contributed by atoms with E-state index in [4.69, 9.17) is 4.74 Å². The van der Waals surface area contributed by atoms with E-state index in [-0.39, 0.29) is 0 Å². The van der Waals surface area contributed by atoms with Crippen molar-refractivity contribution in [3.05, 3.63) is 60.6 Å². The molecule has 0 unspecified atom stereocenters. The van der Waals surface area contributed by atoms with Crippen molar-refractivity contribution in [2.45, 2.75) is 6.42 Å². The van der Waals surface area contributed by atoms with Gasteiger partial charge in [-0.2, -0.15) is 5.21 Å². The molecule has 0 aliphatic heterocycles. The molecule has 3 heterocycles. The number of para-hydroxylation sites is 1. The number of ether oxygens (including phenoxy) is 1. The second-order valence-electron chi connectivity index (χ2n) is 6.07.